The fourth-order valence-corrected chi connectivity index (χ4v) is 4.75. The molecular weight excluding hydrogens is 358 g/mol. The first-order chi connectivity index (χ1) is 12.8. The predicted octanol–water partition coefficient (Wildman–Crippen LogP) is 6.09. The Morgan fingerprint density at radius 2 is 1.46 bits per heavy atom. The number of rotatable bonds is 2. The summed E-state index contributed by atoms with van der Waals surface area (Å²) >= 11 is 8.16. The molecule has 3 aromatic carbocycles. The molecule has 1 aliphatic heterocycles. The second kappa shape index (κ2) is 8.30. The molecule has 0 bridgehead atoms. The van der Waals surface area contributed by atoms with Crippen molar-refractivity contribution in [2.75, 3.05) is 13.1 Å². The van der Waals surface area contributed by atoms with E-state index in [1.807, 2.05) is 17.8 Å². The highest BCUT2D eigenvalue weighted by atomic mass is 35.5. The minimum Gasteiger partial charge on any atom is -0.298 e. The Morgan fingerprint density at radius 1 is 0.769 bits per heavy atom. The molecule has 0 atom stereocenters. The molecule has 1 nitrogen and oxygen atoms in total. The van der Waals surface area contributed by atoms with E-state index in [0.29, 0.717) is 0 Å². The Bertz CT molecular complexity index is 878. The van der Waals surface area contributed by atoms with Crippen LogP contribution < -0.4 is 0 Å². The molecule has 0 saturated carbocycles. The van der Waals surface area contributed by atoms with Gasteiger partial charge in [0.1, 0.15) is 0 Å². The van der Waals surface area contributed by atoms with Crippen LogP contribution in [0.1, 0.15) is 16.7 Å². The van der Waals surface area contributed by atoms with Gasteiger partial charge in [0.15, 0.2) is 0 Å². The first-order valence-corrected chi connectivity index (χ1v) is 10.3. The van der Waals surface area contributed by atoms with Crippen molar-refractivity contribution >= 4 is 23.4 Å². The zero-order valence-electron chi connectivity index (χ0n) is 14.7. The van der Waals surface area contributed by atoms with E-state index in [-0.39, 0.29) is 0 Å². The van der Waals surface area contributed by atoms with E-state index in [9.17, 15) is 0 Å². The Kier molecular flexibility index (Phi) is 5.64. The maximum Gasteiger partial charge on any atom is 0.0409 e. The minimum absolute atomic E-state index is 0.823. The van der Waals surface area contributed by atoms with Crippen molar-refractivity contribution in [2.24, 2.45) is 0 Å². The minimum atomic E-state index is 0.823. The average Bonchev–Trinajstić information content (AvgIpc) is 2.67. The summed E-state index contributed by atoms with van der Waals surface area (Å²) in [5.41, 5.74) is 4.15. The summed E-state index contributed by atoms with van der Waals surface area (Å²) < 4.78 is 0. The molecule has 132 valence electrons. The summed E-state index contributed by atoms with van der Waals surface area (Å²) in [5, 5.41) is 0.823. The highest BCUT2D eigenvalue weighted by molar-refractivity contribution is 7.99. The van der Waals surface area contributed by atoms with Crippen LogP contribution in [0.5, 0.6) is 0 Å². The number of hydrogen-bond donors (Lipinski definition) is 0. The van der Waals surface area contributed by atoms with Crippen LogP contribution in [0.25, 0.3) is 0 Å². The fraction of sp³-hybridized carbons (Fsp3) is 0.217. The molecule has 0 amide bonds. The second-order valence-corrected chi connectivity index (χ2v) is 8.24. The van der Waals surface area contributed by atoms with Gasteiger partial charge in [0.25, 0.3) is 0 Å². The van der Waals surface area contributed by atoms with Gasteiger partial charge in [0.2, 0.25) is 0 Å². The first-order valence-electron chi connectivity index (χ1n) is 9.08. The summed E-state index contributed by atoms with van der Waals surface area (Å²) in [4.78, 5) is 5.24. The van der Waals surface area contributed by atoms with Gasteiger partial charge in [0.05, 0.1) is 0 Å². The van der Waals surface area contributed by atoms with Gasteiger partial charge in [-0.25, -0.2) is 0 Å². The summed E-state index contributed by atoms with van der Waals surface area (Å²) in [5.74, 6) is 0. The van der Waals surface area contributed by atoms with E-state index in [4.69, 9.17) is 11.6 Å². The highest BCUT2D eigenvalue weighted by Gasteiger charge is 2.15. The van der Waals surface area contributed by atoms with Crippen molar-refractivity contribution in [3.63, 3.8) is 0 Å². The van der Waals surface area contributed by atoms with Gasteiger partial charge in [-0.2, -0.15) is 0 Å². The lowest BCUT2D eigenvalue weighted by Crippen LogP contribution is -2.28. The Hall–Kier alpha value is -1.74. The molecule has 1 aliphatic rings. The molecule has 3 heteroatoms. The lowest BCUT2D eigenvalue weighted by Gasteiger charge is -2.25. The molecule has 0 unspecified atom stereocenters. The van der Waals surface area contributed by atoms with Crippen molar-refractivity contribution in [3.05, 3.63) is 94.5 Å². The van der Waals surface area contributed by atoms with E-state index in [2.05, 4.69) is 71.6 Å². The zero-order chi connectivity index (χ0) is 17.8. The summed E-state index contributed by atoms with van der Waals surface area (Å²) in [7, 11) is 0. The third-order valence-electron chi connectivity index (χ3n) is 4.86. The third kappa shape index (κ3) is 4.32. The van der Waals surface area contributed by atoms with E-state index < -0.39 is 0 Å². The van der Waals surface area contributed by atoms with Gasteiger partial charge in [0, 0.05) is 34.4 Å². The zero-order valence-corrected chi connectivity index (χ0v) is 16.3. The number of benzene rings is 3. The van der Waals surface area contributed by atoms with Gasteiger partial charge in [-0.05, 0) is 53.8 Å². The lowest BCUT2D eigenvalue weighted by atomic mass is 10.1. The van der Waals surface area contributed by atoms with Crippen molar-refractivity contribution in [3.8, 4) is 0 Å². The van der Waals surface area contributed by atoms with Crippen molar-refractivity contribution in [1.82, 2.24) is 4.90 Å². The number of halogens is 1. The molecule has 1 heterocycles. The van der Waals surface area contributed by atoms with Crippen LogP contribution >= 0.6 is 23.4 Å². The Morgan fingerprint density at radius 3 is 2.31 bits per heavy atom. The van der Waals surface area contributed by atoms with Crippen molar-refractivity contribution in [1.29, 1.82) is 0 Å². The Labute approximate surface area is 165 Å². The molecule has 0 aromatic heterocycles. The topological polar surface area (TPSA) is 3.24 Å². The van der Waals surface area contributed by atoms with Crippen LogP contribution in [0.2, 0.25) is 5.02 Å². The van der Waals surface area contributed by atoms with E-state index >= 15 is 0 Å². The van der Waals surface area contributed by atoms with Crippen LogP contribution in [0, 0.1) is 0 Å². The largest absolute Gasteiger partial charge is 0.298 e. The van der Waals surface area contributed by atoms with E-state index in [1.54, 1.807) is 0 Å². The smallest absolute Gasteiger partial charge is 0.0409 e. The predicted molar refractivity (Wildman–Crippen MR) is 111 cm³/mol. The van der Waals surface area contributed by atoms with E-state index in [1.165, 1.54) is 26.5 Å². The molecule has 0 fully saturated rings. The van der Waals surface area contributed by atoms with Crippen molar-refractivity contribution < 1.29 is 0 Å². The summed E-state index contributed by atoms with van der Waals surface area (Å²) in [6, 6.07) is 25.8. The molecular formula is C23H22ClNS. The second-order valence-electron chi connectivity index (χ2n) is 6.72. The molecule has 0 saturated heterocycles. The van der Waals surface area contributed by atoms with Crippen LogP contribution in [0.15, 0.2) is 82.6 Å². The van der Waals surface area contributed by atoms with Gasteiger partial charge in [-0.1, -0.05) is 71.9 Å². The van der Waals surface area contributed by atoms with Gasteiger partial charge in [-0.15, -0.1) is 0 Å². The van der Waals surface area contributed by atoms with Crippen LogP contribution in [-0.4, -0.2) is 18.0 Å². The third-order valence-corrected chi connectivity index (χ3v) is 6.33. The standard InChI is InChI=1S/C23H22ClNS/c24-21-10-11-23-20(16-21)13-15-25(17-18-6-2-1-3-7-18)14-12-19-8-4-5-9-22(19)26-23/h1-11,16H,12-15,17H2. The lowest BCUT2D eigenvalue weighted by molar-refractivity contribution is 0.271. The maximum atomic E-state index is 6.29. The average molecular weight is 380 g/mol. The normalized spacial score (nSPS) is 15.1. The van der Waals surface area contributed by atoms with Crippen LogP contribution in [0.4, 0.5) is 0 Å². The molecule has 4 rings (SSSR count). The molecule has 26 heavy (non-hydrogen) atoms. The molecule has 0 spiro atoms. The van der Waals surface area contributed by atoms with Crippen molar-refractivity contribution in [2.45, 2.75) is 29.2 Å². The molecule has 0 N–H and O–H groups in total. The van der Waals surface area contributed by atoms with E-state index in [0.717, 1.165) is 37.5 Å². The monoisotopic (exact) mass is 379 g/mol. The number of fused-ring (bicyclic) bond motifs is 2. The van der Waals surface area contributed by atoms with Gasteiger partial charge < -0.3 is 0 Å². The SMILES string of the molecule is Clc1ccc2c(c1)CCN(Cc1ccccc1)CCc1ccccc1S2. The molecule has 3 aromatic rings. The summed E-state index contributed by atoms with van der Waals surface area (Å²) in [6.07, 6.45) is 2.11. The Balaban J connectivity index is 1.65. The highest BCUT2D eigenvalue weighted by Crippen LogP contribution is 2.35. The van der Waals surface area contributed by atoms with Gasteiger partial charge >= 0.3 is 0 Å². The molecule has 0 aliphatic carbocycles. The summed E-state index contributed by atoms with van der Waals surface area (Å²) in [6.45, 7) is 3.11. The van der Waals surface area contributed by atoms with Gasteiger partial charge in [-0.3, -0.25) is 4.90 Å². The van der Waals surface area contributed by atoms with Crippen LogP contribution in [-0.2, 0) is 19.4 Å². The maximum absolute atomic E-state index is 6.29. The first kappa shape index (κ1) is 17.7. The van der Waals surface area contributed by atoms with Crippen LogP contribution in [0.3, 0.4) is 0 Å². The fourth-order valence-electron chi connectivity index (χ4n) is 3.44. The molecule has 0 radical (unpaired) electrons. The number of nitrogens with zero attached hydrogens (tertiary/aromatic N) is 1. The number of hydrogen-bond acceptors (Lipinski definition) is 2. The quantitative estimate of drug-likeness (QED) is 0.529.